The van der Waals surface area contributed by atoms with Crippen LogP contribution in [-0.4, -0.2) is 24.6 Å². The number of halogens is 1. The molecule has 0 fully saturated rings. The molecule has 0 aliphatic heterocycles. The summed E-state index contributed by atoms with van der Waals surface area (Å²) >= 11 is 7.75. The second kappa shape index (κ2) is 4.75. The molecule has 3 heterocycles. The predicted octanol–water partition coefficient (Wildman–Crippen LogP) is 2.46. The lowest BCUT2D eigenvalue weighted by atomic mass is 10.3. The molecule has 0 aromatic carbocycles. The van der Waals surface area contributed by atoms with Gasteiger partial charge in [-0.05, 0) is 13.8 Å². The van der Waals surface area contributed by atoms with Crippen molar-refractivity contribution in [1.82, 2.24) is 24.6 Å². The summed E-state index contributed by atoms with van der Waals surface area (Å²) in [6, 6.07) is 0. The minimum absolute atomic E-state index is 0.434. The van der Waals surface area contributed by atoms with Gasteiger partial charge in [-0.1, -0.05) is 11.6 Å². The third-order valence-electron chi connectivity index (χ3n) is 2.70. The molecule has 0 aliphatic rings. The van der Waals surface area contributed by atoms with Crippen molar-refractivity contribution in [3.8, 4) is 0 Å². The molecule has 8 heteroatoms. The summed E-state index contributed by atoms with van der Waals surface area (Å²) in [6.45, 7) is 4.55. The van der Waals surface area contributed by atoms with Crippen molar-refractivity contribution in [3.05, 3.63) is 33.1 Å². The molecule has 0 unspecified atom stereocenters. The Labute approximate surface area is 118 Å². The van der Waals surface area contributed by atoms with Gasteiger partial charge in [0.2, 0.25) is 0 Å². The van der Waals surface area contributed by atoms with Gasteiger partial charge in [0.25, 0.3) is 5.78 Å². The van der Waals surface area contributed by atoms with Crippen LogP contribution in [0.25, 0.3) is 5.78 Å². The zero-order valence-corrected chi connectivity index (χ0v) is 12.0. The highest BCUT2D eigenvalue weighted by molar-refractivity contribution is 7.11. The Hall–Kier alpha value is -1.73. The van der Waals surface area contributed by atoms with Crippen molar-refractivity contribution in [1.29, 1.82) is 0 Å². The molecular weight excluding hydrogens is 284 g/mol. The van der Waals surface area contributed by atoms with Gasteiger partial charge in [-0.2, -0.15) is 19.6 Å². The molecule has 0 aliphatic carbocycles. The van der Waals surface area contributed by atoms with E-state index in [0.29, 0.717) is 17.5 Å². The van der Waals surface area contributed by atoms with Crippen molar-refractivity contribution in [2.24, 2.45) is 0 Å². The van der Waals surface area contributed by atoms with E-state index >= 15 is 0 Å². The number of thiazole rings is 1. The minimum Gasteiger partial charge on any atom is -0.365 e. The molecule has 0 saturated carbocycles. The Kier molecular flexibility index (Phi) is 3.08. The topological polar surface area (TPSA) is 68.0 Å². The third kappa shape index (κ3) is 2.26. The highest BCUT2D eigenvalue weighted by Gasteiger charge is 2.12. The standard InChI is InChI=1S/C11H11ClN6S/c1-6-9(12)17-11-15-5-16-18(11)10(6)14-4-8-3-13-7(2)19-8/h3,5,14H,4H2,1-2H3. The first-order chi connectivity index (χ1) is 9.15. The lowest BCUT2D eigenvalue weighted by molar-refractivity contribution is 0.916. The Morgan fingerprint density at radius 1 is 1.37 bits per heavy atom. The average Bonchev–Trinajstić information content (AvgIpc) is 2.99. The summed E-state index contributed by atoms with van der Waals surface area (Å²) in [6.07, 6.45) is 3.32. The first-order valence-electron chi connectivity index (χ1n) is 5.66. The monoisotopic (exact) mass is 294 g/mol. The lowest BCUT2D eigenvalue weighted by Crippen LogP contribution is -2.08. The normalized spacial score (nSPS) is 11.1. The van der Waals surface area contributed by atoms with Gasteiger partial charge in [-0.25, -0.2) is 4.98 Å². The van der Waals surface area contributed by atoms with E-state index in [-0.39, 0.29) is 0 Å². The number of fused-ring (bicyclic) bond motifs is 1. The Bertz CT molecular complexity index is 734. The minimum atomic E-state index is 0.434. The fourth-order valence-electron chi connectivity index (χ4n) is 1.76. The number of rotatable bonds is 3. The van der Waals surface area contributed by atoms with Gasteiger partial charge in [-0.3, -0.25) is 0 Å². The second-order valence-corrected chi connectivity index (χ2v) is 5.72. The summed E-state index contributed by atoms with van der Waals surface area (Å²) < 4.78 is 1.65. The van der Waals surface area contributed by atoms with Crippen molar-refractivity contribution in [2.75, 3.05) is 5.32 Å². The molecule has 0 bridgehead atoms. The number of nitrogens with one attached hydrogen (secondary N) is 1. The summed E-state index contributed by atoms with van der Waals surface area (Å²) in [5.74, 6) is 1.29. The fraction of sp³-hybridized carbons (Fsp3) is 0.273. The van der Waals surface area contributed by atoms with E-state index in [1.807, 2.05) is 20.0 Å². The van der Waals surface area contributed by atoms with Crippen LogP contribution in [0.15, 0.2) is 12.5 Å². The first kappa shape index (κ1) is 12.3. The smallest absolute Gasteiger partial charge is 0.255 e. The molecular formula is C11H11ClN6S. The van der Waals surface area contributed by atoms with Gasteiger partial charge in [0.1, 0.15) is 17.3 Å². The predicted molar refractivity (Wildman–Crippen MR) is 74.7 cm³/mol. The molecule has 98 valence electrons. The average molecular weight is 295 g/mol. The van der Waals surface area contributed by atoms with Gasteiger partial charge in [0.05, 0.1) is 11.6 Å². The quantitative estimate of drug-likeness (QED) is 0.752. The van der Waals surface area contributed by atoms with Gasteiger partial charge in [0, 0.05) is 16.6 Å². The zero-order valence-electron chi connectivity index (χ0n) is 10.4. The van der Waals surface area contributed by atoms with Crippen LogP contribution in [-0.2, 0) is 6.54 Å². The summed E-state index contributed by atoms with van der Waals surface area (Å²) in [7, 11) is 0. The van der Waals surface area contributed by atoms with Crippen LogP contribution in [0.1, 0.15) is 15.4 Å². The molecule has 19 heavy (non-hydrogen) atoms. The highest BCUT2D eigenvalue weighted by Crippen LogP contribution is 2.23. The molecule has 3 rings (SSSR count). The molecule has 3 aromatic heterocycles. The number of anilines is 1. The van der Waals surface area contributed by atoms with Crippen LogP contribution in [0.5, 0.6) is 0 Å². The second-order valence-electron chi connectivity index (χ2n) is 4.05. The van der Waals surface area contributed by atoms with E-state index < -0.39 is 0 Å². The van der Waals surface area contributed by atoms with Gasteiger partial charge < -0.3 is 5.32 Å². The van der Waals surface area contributed by atoms with Crippen molar-refractivity contribution in [2.45, 2.75) is 20.4 Å². The van der Waals surface area contributed by atoms with Crippen molar-refractivity contribution in [3.63, 3.8) is 0 Å². The Balaban J connectivity index is 1.95. The highest BCUT2D eigenvalue weighted by atomic mass is 35.5. The molecule has 3 aromatic rings. The van der Waals surface area contributed by atoms with E-state index in [9.17, 15) is 0 Å². The fourth-order valence-corrected chi connectivity index (χ4v) is 2.66. The van der Waals surface area contributed by atoms with E-state index in [4.69, 9.17) is 11.6 Å². The maximum atomic E-state index is 6.09. The molecule has 0 atom stereocenters. The van der Waals surface area contributed by atoms with Crippen LogP contribution in [0, 0.1) is 13.8 Å². The first-order valence-corrected chi connectivity index (χ1v) is 6.85. The molecule has 0 radical (unpaired) electrons. The van der Waals surface area contributed by atoms with Crippen LogP contribution in [0.3, 0.4) is 0 Å². The SMILES string of the molecule is Cc1ncc(CNc2c(C)c(Cl)nc3ncnn23)s1. The summed E-state index contributed by atoms with van der Waals surface area (Å²) in [5.41, 5.74) is 0.848. The van der Waals surface area contributed by atoms with Crippen LogP contribution in [0.2, 0.25) is 5.15 Å². The number of aromatic nitrogens is 5. The molecule has 1 N–H and O–H groups in total. The maximum Gasteiger partial charge on any atom is 0.255 e. The van der Waals surface area contributed by atoms with E-state index in [0.717, 1.165) is 21.3 Å². The largest absolute Gasteiger partial charge is 0.365 e. The van der Waals surface area contributed by atoms with Gasteiger partial charge in [0.15, 0.2) is 0 Å². The summed E-state index contributed by atoms with van der Waals surface area (Å²) in [4.78, 5) is 13.6. The number of hydrogen-bond donors (Lipinski definition) is 1. The van der Waals surface area contributed by atoms with Crippen LogP contribution >= 0.6 is 22.9 Å². The Morgan fingerprint density at radius 2 is 2.21 bits per heavy atom. The van der Waals surface area contributed by atoms with E-state index in [2.05, 4.69) is 25.4 Å². The van der Waals surface area contributed by atoms with Gasteiger partial charge >= 0.3 is 0 Å². The van der Waals surface area contributed by atoms with E-state index in [1.165, 1.54) is 6.33 Å². The van der Waals surface area contributed by atoms with Crippen LogP contribution in [0.4, 0.5) is 5.82 Å². The maximum absolute atomic E-state index is 6.09. The lowest BCUT2D eigenvalue weighted by Gasteiger charge is -2.10. The Morgan fingerprint density at radius 3 is 2.95 bits per heavy atom. The molecule has 6 nitrogen and oxygen atoms in total. The molecule has 0 amide bonds. The van der Waals surface area contributed by atoms with Crippen molar-refractivity contribution < 1.29 is 0 Å². The third-order valence-corrected chi connectivity index (χ3v) is 3.98. The van der Waals surface area contributed by atoms with E-state index in [1.54, 1.807) is 15.9 Å². The molecule has 0 spiro atoms. The zero-order chi connectivity index (χ0) is 13.4. The number of hydrogen-bond acceptors (Lipinski definition) is 6. The summed E-state index contributed by atoms with van der Waals surface area (Å²) in [5, 5.41) is 8.95. The van der Waals surface area contributed by atoms with Crippen molar-refractivity contribution >= 4 is 34.5 Å². The number of aryl methyl sites for hydroxylation is 1. The van der Waals surface area contributed by atoms with Gasteiger partial charge in [-0.15, -0.1) is 11.3 Å². The molecule has 0 saturated heterocycles. The number of nitrogens with zero attached hydrogens (tertiary/aromatic N) is 5. The van der Waals surface area contributed by atoms with Crippen LogP contribution < -0.4 is 5.32 Å².